The van der Waals surface area contributed by atoms with Crippen molar-refractivity contribution in [2.45, 2.75) is 0 Å². The summed E-state index contributed by atoms with van der Waals surface area (Å²) in [6, 6.07) is 8.54. The fraction of sp³-hybridized carbons (Fsp3) is 0.385. The third-order valence-corrected chi connectivity index (χ3v) is 2.85. The number of hydrogen-bond donors (Lipinski definition) is 0. The Balaban J connectivity index is 2.03. The molecular weight excluding hydrogens is 222 g/mol. The van der Waals surface area contributed by atoms with Gasteiger partial charge in [0, 0.05) is 24.7 Å². The summed E-state index contributed by atoms with van der Waals surface area (Å²) in [5.41, 5.74) is 2.46. The third-order valence-electron chi connectivity index (χ3n) is 2.67. The molecule has 0 amide bonds. The van der Waals surface area contributed by atoms with Crippen molar-refractivity contribution in [1.29, 1.82) is 0 Å². The smallest absolute Gasteiger partial charge is 0.0642 e. The highest BCUT2D eigenvalue weighted by Gasteiger charge is 2.10. The summed E-state index contributed by atoms with van der Waals surface area (Å²) >= 11 is 5.60. The monoisotopic (exact) mass is 237 g/mol. The predicted octanol–water partition coefficient (Wildman–Crippen LogP) is 2.78. The average Bonchev–Trinajstić information content (AvgIpc) is 2.38. The number of anilines is 1. The van der Waals surface area contributed by atoms with E-state index in [9.17, 15) is 0 Å². The number of halogens is 1. The number of benzene rings is 1. The lowest BCUT2D eigenvalue weighted by molar-refractivity contribution is 0.122. The van der Waals surface area contributed by atoms with Crippen molar-refractivity contribution in [3.63, 3.8) is 0 Å². The number of ether oxygens (including phenoxy) is 1. The second-order valence-electron chi connectivity index (χ2n) is 3.75. The summed E-state index contributed by atoms with van der Waals surface area (Å²) in [5.74, 6) is 0.561. The zero-order valence-corrected chi connectivity index (χ0v) is 9.99. The first kappa shape index (κ1) is 11.5. The van der Waals surface area contributed by atoms with Gasteiger partial charge in [0.1, 0.15) is 0 Å². The molecule has 0 spiro atoms. The van der Waals surface area contributed by atoms with E-state index in [1.165, 1.54) is 11.3 Å². The lowest BCUT2D eigenvalue weighted by Crippen LogP contribution is -2.36. The molecular formula is C13H16ClNO. The van der Waals surface area contributed by atoms with E-state index in [4.69, 9.17) is 16.3 Å². The van der Waals surface area contributed by atoms with Crippen LogP contribution in [0.1, 0.15) is 5.56 Å². The van der Waals surface area contributed by atoms with Crippen LogP contribution in [0, 0.1) is 0 Å². The Morgan fingerprint density at radius 3 is 2.50 bits per heavy atom. The van der Waals surface area contributed by atoms with Gasteiger partial charge in [-0.2, -0.15) is 0 Å². The number of morpholine rings is 1. The first-order chi connectivity index (χ1) is 7.90. The fourth-order valence-electron chi connectivity index (χ4n) is 1.80. The van der Waals surface area contributed by atoms with Crippen LogP contribution in [-0.2, 0) is 4.74 Å². The van der Waals surface area contributed by atoms with Crippen molar-refractivity contribution in [3.05, 3.63) is 35.9 Å². The Bertz CT molecular complexity index is 341. The van der Waals surface area contributed by atoms with Crippen LogP contribution >= 0.6 is 11.6 Å². The van der Waals surface area contributed by atoms with Crippen LogP contribution in [0.3, 0.4) is 0 Å². The van der Waals surface area contributed by atoms with Gasteiger partial charge in [0.2, 0.25) is 0 Å². The maximum atomic E-state index is 5.60. The standard InChI is InChI=1S/C13H16ClNO/c14-7-1-2-12-3-5-13(6-4-12)15-8-10-16-11-9-15/h1-6H,7-11H2. The van der Waals surface area contributed by atoms with Crippen LogP contribution in [0.5, 0.6) is 0 Å². The van der Waals surface area contributed by atoms with E-state index in [-0.39, 0.29) is 0 Å². The van der Waals surface area contributed by atoms with Gasteiger partial charge in [0.25, 0.3) is 0 Å². The number of allylic oxidation sites excluding steroid dienone is 1. The van der Waals surface area contributed by atoms with Crippen LogP contribution < -0.4 is 4.90 Å². The average molecular weight is 238 g/mol. The first-order valence-electron chi connectivity index (χ1n) is 5.55. The highest BCUT2D eigenvalue weighted by Crippen LogP contribution is 2.17. The molecule has 0 aliphatic carbocycles. The van der Waals surface area contributed by atoms with Gasteiger partial charge in [-0.3, -0.25) is 0 Å². The number of hydrogen-bond acceptors (Lipinski definition) is 2. The van der Waals surface area contributed by atoms with Gasteiger partial charge in [0.15, 0.2) is 0 Å². The summed E-state index contributed by atoms with van der Waals surface area (Å²) < 4.78 is 5.33. The summed E-state index contributed by atoms with van der Waals surface area (Å²) in [6.07, 6.45) is 3.99. The van der Waals surface area contributed by atoms with E-state index in [0.29, 0.717) is 5.88 Å². The molecule has 0 bridgehead atoms. The minimum Gasteiger partial charge on any atom is -0.378 e. The largest absolute Gasteiger partial charge is 0.378 e. The molecule has 0 saturated carbocycles. The lowest BCUT2D eigenvalue weighted by Gasteiger charge is -2.28. The van der Waals surface area contributed by atoms with Gasteiger partial charge in [0.05, 0.1) is 13.2 Å². The van der Waals surface area contributed by atoms with Gasteiger partial charge in [-0.05, 0) is 17.7 Å². The maximum absolute atomic E-state index is 5.60. The molecule has 1 heterocycles. The molecule has 1 saturated heterocycles. The van der Waals surface area contributed by atoms with Crippen LogP contribution in [0.25, 0.3) is 6.08 Å². The van der Waals surface area contributed by atoms with E-state index in [1.807, 2.05) is 12.2 Å². The molecule has 1 aromatic carbocycles. The molecule has 1 aliphatic heterocycles. The van der Waals surface area contributed by atoms with E-state index in [1.54, 1.807) is 0 Å². The third kappa shape index (κ3) is 3.00. The SMILES string of the molecule is ClCC=Cc1ccc(N2CCOCC2)cc1. The summed E-state index contributed by atoms with van der Waals surface area (Å²) in [6.45, 7) is 3.62. The van der Waals surface area contributed by atoms with Crippen molar-refractivity contribution in [1.82, 2.24) is 0 Å². The van der Waals surface area contributed by atoms with Crippen molar-refractivity contribution < 1.29 is 4.74 Å². The highest BCUT2D eigenvalue weighted by atomic mass is 35.5. The molecule has 0 unspecified atom stereocenters. The molecule has 16 heavy (non-hydrogen) atoms. The number of nitrogens with zero attached hydrogens (tertiary/aromatic N) is 1. The highest BCUT2D eigenvalue weighted by molar-refractivity contribution is 6.19. The van der Waals surface area contributed by atoms with Gasteiger partial charge in [-0.1, -0.05) is 24.3 Å². The van der Waals surface area contributed by atoms with Crippen molar-refractivity contribution in [3.8, 4) is 0 Å². The maximum Gasteiger partial charge on any atom is 0.0642 e. The zero-order chi connectivity index (χ0) is 11.2. The predicted molar refractivity (Wildman–Crippen MR) is 69.2 cm³/mol. The Kier molecular flexibility index (Phi) is 4.25. The molecule has 1 aromatic rings. The van der Waals surface area contributed by atoms with E-state index >= 15 is 0 Å². The molecule has 86 valence electrons. The summed E-state index contributed by atoms with van der Waals surface area (Å²) in [4.78, 5) is 2.35. The Morgan fingerprint density at radius 2 is 1.88 bits per heavy atom. The fourth-order valence-corrected chi connectivity index (χ4v) is 1.89. The van der Waals surface area contributed by atoms with Crippen molar-refractivity contribution in [2.24, 2.45) is 0 Å². The van der Waals surface area contributed by atoms with Crippen LogP contribution in [0.2, 0.25) is 0 Å². The zero-order valence-electron chi connectivity index (χ0n) is 9.23. The van der Waals surface area contributed by atoms with Gasteiger partial charge >= 0.3 is 0 Å². The molecule has 0 aromatic heterocycles. The molecule has 3 heteroatoms. The normalized spacial score (nSPS) is 16.9. The van der Waals surface area contributed by atoms with Gasteiger partial charge in [-0.15, -0.1) is 11.6 Å². The molecule has 0 atom stereocenters. The quantitative estimate of drug-likeness (QED) is 0.750. The lowest BCUT2D eigenvalue weighted by atomic mass is 10.2. The Hall–Kier alpha value is -0.990. The molecule has 0 radical (unpaired) electrons. The molecule has 2 rings (SSSR count). The van der Waals surface area contributed by atoms with Crippen LogP contribution in [0.15, 0.2) is 30.3 Å². The van der Waals surface area contributed by atoms with Gasteiger partial charge in [-0.25, -0.2) is 0 Å². The molecule has 0 N–H and O–H groups in total. The van der Waals surface area contributed by atoms with Crippen LogP contribution in [0.4, 0.5) is 5.69 Å². The molecule has 2 nitrogen and oxygen atoms in total. The van der Waals surface area contributed by atoms with Crippen LogP contribution in [-0.4, -0.2) is 32.2 Å². The van der Waals surface area contributed by atoms with E-state index in [2.05, 4.69) is 29.2 Å². The van der Waals surface area contributed by atoms with E-state index in [0.717, 1.165) is 26.3 Å². The van der Waals surface area contributed by atoms with E-state index < -0.39 is 0 Å². The molecule has 1 fully saturated rings. The molecule has 1 aliphatic rings. The summed E-state index contributed by atoms with van der Waals surface area (Å²) in [7, 11) is 0. The number of rotatable bonds is 3. The Labute approximate surface area is 101 Å². The minimum atomic E-state index is 0.561. The van der Waals surface area contributed by atoms with Crippen molar-refractivity contribution >= 4 is 23.4 Å². The van der Waals surface area contributed by atoms with Gasteiger partial charge < -0.3 is 9.64 Å². The topological polar surface area (TPSA) is 12.5 Å². The second kappa shape index (κ2) is 5.92. The van der Waals surface area contributed by atoms with Crippen molar-refractivity contribution in [2.75, 3.05) is 37.1 Å². The minimum absolute atomic E-state index is 0.561. The first-order valence-corrected chi connectivity index (χ1v) is 6.09. The number of alkyl halides is 1. The Morgan fingerprint density at radius 1 is 1.19 bits per heavy atom. The second-order valence-corrected chi connectivity index (χ2v) is 4.06. The summed E-state index contributed by atoms with van der Waals surface area (Å²) in [5, 5.41) is 0.